The summed E-state index contributed by atoms with van der Waals surface area (Å²) in [5.74, 6) is 0.366. The second kappa shape index (κ2) is 11.3. The van der Waals surface area contributed by atoms with E-state index < -0.39 is 0 Å². The van der Waals surface area contributed by atoms with Gasteiger partial charge in [-0.15, -0.1) is 0 Å². The first kappa shape index (κ1) is 30.3. The van der Waals surface area contributed by atoms with Crippen LogP contribution in [0.4, 0.5) is 17.1 Å². The van der Waals surface area contributed by atoms with Gasteiger partial charge in [0.25, 0.3) is 0 Å². The highest BCUT2D eigenvalue weighted by molar-refractivity contribution is 6.16. The maximum absolute atomic E-state index is 2.59. The van der Waals surface area contributed by atoms with Crippen LogP contribution in [0, 0.1) is 0 Å². The minimum absolute atomic E-state index is 0.0218. The Morgan fingerprint density at radius 1 is 0.566 bits per heavy atom. The van der Waals surface area contributed by atoms with Gasteiger partial charge >= 0.3 is 0 Å². The smallest absolute Gasteiger partial charge is 0.0619 e. The molecule has 0 radical (unpaired) electrons. The number of fused-ring (bicyclic) bond motifs is 6. The predicted octanol–water partition coefficient (Wildman–Crippen LogP) is 13.7. The van der Waals surface area contributed by atoms with E-state index in [2.05, 4.69) is 199 Å². The van der Waals surface area contributed by atoms with Crippen LogP contribution in [-0.2, 0) is 5.41 Å². The molecule has 0 N–H and O–H groups in total. The van der Waals surface area contributed by atoms with Crippen LogP contribution in [-0.4, -0.2) is 4.57 Å². The molecule has 11 rings (SSSR count). The lowest BCUT2D eigenvalue weighted by molar-refractivity contribution is 0.649. The van der Waals surface area contributed by atoms with Crippen molar-refractivity contribution in [1.29, 1.82) is 0 Å². The molecule has 53 heavy (non-hydrogen) atoms. The molecule has 252 valence electrons. The summed E-state index contributed by atoms with van der Waals surface area (Å²) in [7, 11) is 0. The normalized spacial score (nSPS) is 16.2. The van der Waals surface area contributed by atoms with Gasteiger partial charge in [0.05, 0.1) is 16.7 Å². The third-order valence-electron chi connectivity index (χ3n) is 12.1. The fraction of sp³-hybridized carbons (Fsp3) is 0.0980. The summed E-state index contributed by atoms with van der Waals surface area (Å²) in [5.41, 5.74) is 19.6. The largest absolute Gasteiger partial charge is 0.311 e. The van der Waals surface area contributed by atoms with Crippen LogP contribution < -0.4 is 4.90 Å². The van der Waals surface area contributed by atoms with E-state index in [1.807, 2.05) is 0 Å². The lowest BCUT2D eigenvalue weighted by atomic mass is 9.76. The maximum Gasteiger partial charge on any atom is 0.0619 e. The lowest BCUT2D eigenvalue weighted by Gasteiger charge is -2.27. The van der Waals surface area contributed by atoms with Crippen molar-refractivity contribution in [1.82, 2.24) is 4.57 Å². The number of nitrogens with zero attached hydrogens (tertiary/aromatic N) is 2. The van der Waals surface area contributed by atoms with Crippen molar-refractivity contribution >= 4 is 44.4 Å². The van der Waals surface area contributed by atoms with E-state index in [-0.39, 0.29) is 5.41 Å². The zero-order chi connectivity index (χ0) is 35.3. The van der Waals surface area contributed by atoms with Crippen LogP contribution in [0.3, 0.4) is 0 Å². The summed E-state index contributed by atoms with van der Waals surface area (Å²) in [6.45, 7) is 4.82. The Bertz CT molecular complexity index is 2800. The molecule has 0 saturated heterocycles. The second-order valence-electron chi connectivity index (χ2n) is 15.3. The van der Waals surface area contributed by atoms with E-state index in [0.717, 1.165) is 23.5 Å². The fourth-order valence-corrected chi connectivity index (χ4v) is 9.57. The van der Waals surface area contributed by atoms with Crippen molar-refractivity contribution in [3.05, 3.63) is 198 Å². The summed E-state index contributed by atoms with van der Waals surface area (Å²) in [6, 6.07) is 60.2. The van der Waals surface area contributed by atoms with Crippen molar-refractivity contribution in [2.45, 2.75) is 31.6 Å². The number of hydrogen-bond donors (Lipinski definition) is 0. The molecule has 8 aromatic rings. The Morgan fingerprint density at radius 3 is 1.89 bits per heavy atom. The molecule has 0 spiro atoms. The molecule has 1 aliphatic heterocycles. The molecule has 3 aliphatic rings. The summed E-state index contributed by atoms with van der Waals surface area (Å²) in [4.78, 5) is 2.34. The van der Waals surface area contributed by atoms with Gasteiger partial charge in [0.1, 0.15) is 0 Å². The Kier molecular flexibility index (Phi) is 6.46. The molecule has 2 heterocycles. The van der Waals surface area contributed by atoms with Crippen molar-refractivity contribution in [2.24, 2.45) is 0 Å². The van der Waals surface area contributed by atoms with Crippen LogP contribution in [0.2, 0.25) is 0 Å². The first-order chi connectivity index (χ1) is 26.1. The highest BCUT2D eigenvalue weighted by Gasteiger charge is 2.44. The van der Waals surface area contributed by atoms with Crippen molar-refractivity contribution < 1.29 is 0 Å². The first-order valence-corrected chi connectivity index (χ1v) is 18.8. The van der Waals surface area contributed by atoms with E-state index in [1.54, 1.807) is 5.57 Å². The number of allylic oxidation sites excluding steroid dienone is 4. The number of anilines is 3. The topological polar surface area (TPSA) is 8.17 Å². The van der Waals surface area contributed by atoms with Crippen LogP contribution in [0.5, 0.6) is 0 Å². The highest BCUT2D eigenvalue weighted by atomic mass is 15.1. The van der Waals surface area contributed by atoms with Crippen molar-refractivity contribution in [3.63, 3.8) is 0 Å². The van der Waals surface area contributed by atoms with Gasteiger partial charge in [0.15, 0.2) is 0 Å². The van der Waals surface area contributed by atoms with Gasteiger partial charge in [-0.3, -0.25) is 0 Å². The quantitative estimate of drug-likeness (QED) is 0.176. The van der Waals surface area contributed by atoms with Crippen LogP contribution >= 0.6 is 0 Å². The summed E-state index contributed by atoms with van der Waals surface area (Å²) in [6.07, 6.45) is 5.86. The SMILES string of the molecule is CC1(C)C2=C3c4c1ccc1c5ccc(-c6ccc(N(c7ccccc7)c7ccc(-c8ccccc8)cc7)cc6)cc5n(c41)-c1ccccc1C3CC=C2. The Balaban J connectivity index is 1.05. The van der Waals surface area contributed by atoms with Gasteiger partial charge in [-0.25, -0.2) is 0 Å². The molecule has 0 amide bonds. The highest BCUT2D eigenvalue weighted by Crippen LogP contribution is 2.59. The maximum atomic E-state index is 2.59. The zero-order valence-electron chi connectivity index (χ0n) is 29.9. The van der Waals surface area contributed by atoms with Gasteiger partial charge in [0, 0.05) is 44.7 Å². The Morgan fingerprint density at radius 2 is 1.15 bits per heavy atom. The number of aromatic nitrogens is 1. The summed E-state index contributed by atoms with van der Waals surface area (Å²) >= 11 is 0. The summed E-state index contributed by atoms with van der Waals surface area (Å²) in [5, 5.41) is 2.65. The summed E-state index contributed by atoms with van der Waals surface area (Å²) < 4.78 is 2.59. The number of rotatable bonds is 5. The van der Waals surface area contributed by atoms with Crippen molar-refractivity contribution in [2.75, 3.05) is 4.90 Å². The molecule has 2 aliphatic carbocycles. The molecule has 2 nitrogen and oxygen atoms in total. The molecular weight excluding hydrogens is 641 g/mol. The third kappa shape index (κ3) is 4.39. The van der Waals surface area contributed by atoms with E-state index in [4.69, 9.17) is 0 Å². The minimum atomic E-state index is -0.0218. The average molecular weight is 679 g/mol. The van der Waals surface area contributed by atoms with Crippen LogP contribution in [0.15, 0.2) is 182 Å². The van der Waals surface area contributed by atoms with Gasteiger partial charge < -0.3 is 9.47 Å². The van der Waals surface area contributed by atoms with Crippen LogP contribution in [0.25, 0.3) is 55.3 Å². The molecule has 0 fully saturated rings. The number of hydrogen-bond acceptors (Lipinski definition) is 1. The standard InChI is InChI=1S/C51H38N2/c1-51(2)44-18-11-17-42-40-16-9-10-19-46(40)53-47-32-36(24-29-41(47)43-30-31-45(51)49(48(42)44)50(43)53)35-22-27-39(28-23-35)52(37-14-7-4-8-15-37)38-25-20-34(21-26-38)33-12-5-3-6-13-33/h3-16,18-32,42H,17H2,1-2H3. The second-order valence-corrected chi connectivity index (χ2v) is 15.3. The predicted molar refractivity (Wildman–Crippen MR) is 223 cm³/mol. The van der Waals surface area contributed by atoms with Gasteiger partial charge in [-0.2, -0.15) is 0 Å². The van der Waals surface area contributed by atoms with Crippen molar-refractivity contribution in [3.8, 4) is 27.9 Å². The number of para-hydroxylation sites is 2. The van der Waals surface area contributed by atoms with Crippen LogP contribution in [0.1, 0.15) is 42.9 Å². The van der Waals surface area contributed by atoms with E-state index in [1.165, 1.54) is 72.0 Å². The molecule has 1 unspecified atom stereocenters. The zero-order valence-corrected chi connectivity index (χ0v) is 29.9. The molecule has 0 saturated carbocycles. The Labute approximate surface area is 310 Å². The van der Waals surface area contributed by atoms with Gasteiger partial charge in [0.2, 0.25) is 0 Å². The lowest BCUT2D eigenvalue weighted by Crippen LogP contribution is -2.17. The monoisotopic (exact) mass is 678 g/mol. The van der Waals surface area contributed by atoms with Gasteiger partial charge in [-0.1, -0.05) is 141 Å². The number of benzene rings is 7. The fourth-order valence-electron chi connectivity index (χ4n) is 9.57. The van der Waals surface area contributed by atoms with E-state index in [9.17, 15) is 0 Å². The molecule has 0 bridgehead atoms. The molecular formula is C51H38N2. The minimum Gasteiger partial charge on any atom is -0.311 e. The van der Waals surface area contributed by atoms with E-state index >= 15 is 0 Å². The molecule has 1 aromatic heterocycles. The average Bonchev–Trinajstić information content (AvgIpc) is 3.62. The molecule has 2 heteroatoms. The molecule has 7 aromatic carbocycles. The van der Waals surface area contributed by atoms with E-state index in [0.29, 0.717) is 5.92 Å². The third-order valence-corrected chi connectivity index (χ3v) is 12.1. The van der Waals surface area contributed by atoms with Gasteiger partial charge in [-0.05, 0) is 99.5 Å². The Hall–Kier alpha value is -6.38. The molecule has 1 atom stereocenters. The first-order valence-electron chi connectivity index (χ1n) is 18.8.